The second-order valence-electron chi connectivity index (χ2n) is 4.14. The normalized spacial score (nSPS) is 11.9. The van der Waals surface area contributed by atoms with Gasteiger partial charge in [-0.1, -0.05) is 49.0 Å². The van der Waals surface area contributed by atoms with Crippen molar-refractivity contribution in [2.24, 2.45) is 0 Å². The van der Waals surface area contributed by atoms with E-state index in [2.05, 4.69) is 31.3 Å². The van der Waals surface area contributed by atoms with Gasteiger partial charge >= 0.3 is 0 Å². The highest BCUT2D eigenvalue weighted by molar-refractivity contribution is 7.80. The summed E-state index contributed by atoms with van der Waals surface area (Å²) in [5.74, 6) is 0.680. The zero-order chi connectivity index (χ0) is 13.0. The van der Waals surface area contributed by atoms with Gasteiger partial charge in [-0.2, -0.15) is 0 Å². The van der Waals surface area contributed by atoms with Gasteiger partial charge in [-0.15, -0.1) is 12.6 Å². The summed E-state index contributed by atoms with van der Waals surface area (Å²) in [4.78, 5) is 0.933. The Morgan fingerprint density at radius 1 is 1.06 bits per heavy atom. The highest BCUT2D eigenvalue weighted by Crippen LogP contribution is 2.24. The Morgan fingerprint density at radius 2 is 1.67 bits per heavy atom. The van der Waals surface area contributed by atoms with Crippen molar-refractivity contribution in [3.63, 3.8) is 0 Å². The Morgan fingerprint density at radius 3 is 2.28 bits per heavy atom. The molecule has 2 rings (SSSR count). The monoisotopic (exact) mass is 256 g/mol. The summed E-state index contributed by atoms with van der Waals surface area (Å²) in [7, 11) is 0. The predicted molar refractivity (Wildman–Crippen MR) is 78.7 cm³/mol. The molecule has 92 valence electrons. The Kier molecular flexibility index (Phi) is 4.11. The molecule has 0 saturated heterocycles. The van der Waals surface area contributed by atoms with Crippen LogP contribution >= 0.6 is 12.6 Å². The van der Waals surface area contributed by atoms with Gasteiger partial charge in [0.2, 0.25) is 0 Å². The van der Waals surface area contributed by atoms with Crippen LogP contribution in [0.25, 0.3) is 5.76 Å². The molecule has 0 aliphatic carbocycles. The molecule has 2 heteroatoms. The smallest absolute Gasteiger partial charge is 0.121 e. The molecular weight excluding hydrogens is 240 g/mol. The molecule has 0 radical (unpaired) electrons. The summed E-state index contributed by atoms with van der Waals surface area (Å²) < 4.78 is 5.84. The maximum atomic E-state index is 5.84. The molecule has 2 aromatic carbocycles. The first-order chi connectivity index (χ1) is 8.66. The molecule has 0 bridgehead atoms. The molecule has 0 heterocycles. The minimum absolute atomic E-state index is 0.00521. The summed E-state index contributed by atoms with van der Waals surface area (Å²) in [6.45, 7) is 5.99. The van der Waals surface area contributed by atoms with Gasteiger partial charge in [-0.05, 0) is 24.6 Å². The van der Waals surface area contributed by atoms with Crippen molar-refractivity contribution in [2.75, 3.05) is 0 Å². The van der Waals surface area contributed by atoms with Crippen molar-refractivity contribution in [3.8, 4) is 0 Å². The fraction of sp³-hybridized carbons (Fsp3) is 0.125. The maximum Gasteiger partial charge on any atom is 0.121 e. The van der Waals surface area contributed by atoms with Crippen LogP contribution in [0.1, 0.15) is 24.2 Å². The third kappa shape index (κ3) is 3.17. The van der Waals surface area contributed by atoms with E-state index in [1.807, 2.05) is 49.4 Å². The van der Waals surface area contributed by atoms with E-state index in [0.717, 1.165) is 16.0 Å². The van der Waals surface area contributed by atoms with Crippen LogP contribution in [0.15, 0.2) is 66.1 Å². The van der Waals surface area contributed by atoms with E-state index in [0.29, 0.717) is 5.76 Å². The number of benzene rings is 2. The summed E-state index contributed by atoms with van der Waals surface area (Å²) in [6, 6.07) is 17.9. The minimum Gasteiger partial charge on any atom is -0.486 e. The lowest BCUT2D eigenvalue weighted by Gasteiger charge is -2.17. The molecular formula is C16H16OS. The van der Waals surface area contributed by atoms with E-state index < -0.39 is 0 Å². The Balaban J connectivity index is 2.06. The zero-order valence-electron chi connectivity index (χ0n) is 10.3. The Bertz CT molecular complexity index is 517. The molecule has 2 aromatic rings. The van der Waals surface area contributed by atoms with Gasteiger partial charge in [0, 0.05) is 10.5 Å². The van der Waals surface area contributed by atoms with Crippen LogP contribution in [0.4, 0.5) is 0 Å². The van der Waals surface area contributed by atoms with Crippen molar-refractivity contribution < 1.29 is 4.74 Å². The molecule has 1 atom stereocenters. The molecule has 0 aliphatic rings. The van der Waals surface area contributed by atoms with E-state index in [4.69, 9.17) is 4.74 Å². The maximum absolute atomic E-state index is 5.84. The predicted octanol–water partition coefficient (Wildman–Crippen LogP) is 4.72. The fourth-order valence-electron chi connectivity index (χ4n) is 1.72. The van der Waals surface area contributed by atoms with Crippen LogP contribution in [0.2, 0.25) is 0 Å². The van der Waals surface area contributed by atoms with Gasteiger partial charge < -0.3 is 4.74 Å². The van der Waals surface area contributed by atoms with E-state index in [-0.39, 0.29) is 6.10 Å². The minimum atomic E-state index is -0.00521. The van der Waals surface area contributed by atoms with Crippen LogP contribution in [0, 0.1) is 0 Å². The van der Waals surface area contributed by atoms with Crippen LogP contribution in [0.3, 0.4) is 0 Å². The third-order valence-corrected chi connectivity index (χ3v) is 3.08. The molecule has 1 nitrogen and oxygen atoms in total. The molecule has 0 fully saturated rings. The Labute approximate surface area is 114 Å². The highest BCUT2D eigenvalue weighted by atomic mass is 32.1. The average molecular weight is 256 g/mol. The first-order valence-electron chi connectivity index (χ1n) is 5.87. The van der Waals surface area contributed by atoms with Crippen LogP contribution in [-0.2, 0) is 4.74 Å². The quantitative estimate of drug-likeness (QED) is 0.615. The Hall–Kier alpha value is -1.67. The number of thiol groups is 1. The van der Waals surface area contributed by atoms with Gasteiger partial charge in [-0.25, -0.2) is 0 Å². The number of ether oxygens (including phenoxy) is 1. The molecule has 0 saturated carbocycles. The molecule has 0 spiro atoms. The number of rotatable bonds is 4. The average Bonchev–Trinajstić information content (AvgIpc) is 2.40. The molecule has 18 heavy (non-hydrogen) atoms. The highest BCUT2D eigenvalue weighted by Gasteiger charge is 2.08. The first kappa shape index (κ1) is 12.8. The lowest BCUT2D eigenvalue weighted by molar-refractivity contribution is 0.189. The third-order valence-electron chi connectivity index (χ3n) is 2.78. The first-order valence-corrected chi connectivity index (χ1v) is 6.31. The lowest BCUT2D eigenvalue weighted by atomic mass is 10.1. The summed E-state index contributed by atoms with van der Waals surface area (Å²) >= 11 is 4.26. The molecule has 0 aliphatic heterocycles. The standard InChI is InChI=1S/C16H16OS/c1-12(14-6-4-3-5-7-14)17-13(2)15-8-10-16(18)11-9-15/h3-12,18H,2H2,1H3. The topological polar surface area (TPSA) is 9.23 Å². The summed E-state index contributed by atoms with van der Waals surface area (Å²) in [5.41, 5.74) is 2.13. The molecule has 0 aromatic heterocycles. The van der Waals surface area contributed by atoms with E-state index in [1.54, 1.807) is 0 Å². The largest absolute Gasteiger partial charge is 0.486 e. The fourth-order valence-corrected chi connectivity index (χ4v) is 1.87. The van der Waals surface area contributed by atoms with Gasteiger partial charge in [-0.3, -0.25) is 0 Å². The van der Waals surface area contributed by atoms with Crippen LogP contribution < -0.4 is 0 Å². The van der Waals surface area contributed by atoms with Gasteiger partial charge in [0.15, 0.2) is 0 Å². The van der Waals surface area contributed by atoms with Crippen molar-refractivity contribution in [3.05, 3.63) is 72.3 Å². The summed E-state index contributed by atoms with van der Waals surface area (Å²) in [6.07, 6.45) is -0.00521. The number of hydrogen-bond acceptors (Lipinski definition) is 2. The van der Waals surface area contributed by atoms with Crippen LogP contribution in [-0.4, -0.2) is 0 Å². The number of hydrogen-bond donors (Lipinski definition) is 1. The zero-order valence-corrected chi connectivity index (χ0v) is 11.2. The second kappa shape index (κ2) is 5.78. The molecule has 0 N–H and O–H groups in total. The van der Waals surface area contributed by atoms with Crippen molar-refractivity contribution >= 4 is 18.4 Å². The van der Waals surface area contributed by atoms with Crippen molar-refractivity contribution in [1.82, 2.24) is 0 Å². The second-order valence-corrected chi connectivity index (χ2v) is 4.66. The van der Waals surface area contributed by atoms with Crippen molar-refractivity contribution in [2.45, 2.75) is 17.9 Å². The van der Waals surface area contributed by atoms with Gasteiger partial charge in [0.25, 0.3) is 0 Å². The van der Waals surface area contributed by atoms with Gasteiger partial charge in [0.1, 0.15) is 11.9 Å². The molecule has 1 unspecified atom stereocenters. The van der Waals surface area contributed by atoms with Gasteiger partial charge in [0.05, 0.1) is 0 Å². The van der Waals surface area contributed by atoms with Crippen LogP contribution in [0.5, 0.6) is 0 Å². The van der Waals surface area contributed by atoms with E-state index in [9.17, 15) is 0 Å². The molecule has 0 amide bonds. The van der Waals surface area contributed by atoms with E-state index in [1.165, 1.54) is 0 Å². The summed E-state index contributed by atoms with van der Waals surface area (Å²) in [5, 5.41) is 0. The SMILES string of the molecule is C=C(OC(C)c1ccccc1)c1ccc(S)cc1. The van der Waals surface area contributed by atoms with Crippen molar-refractivity contribution in [1.29, 1.82) is 0 Å². The lowest BCUT2D eigenvalue weighted by Crippen LogP contribution is -1.98. The van der Waals surface area contributed by atoms with E-state index >= 15 is 0 Å².